The summed E-state index contributed by atoms with van der Waals surface area (Å²) in [7, 11) is -3.63. The monoisotopic (exact) mass is 380 g/mol. The Bertz CT molecular complexity index is 769. The summed E-state index contributed by atoms with van der Waals surface area (Å²) in [5.74, 6) is 0.792. The molecule has 0 unspecified atom stereocenters. The van der Waals surface area contributed by atoms with Gasteiger partial charge in [-0.25, -0.2) is 13.6 Å². The minimum absolute atomic E-state index is 0.132. The molecule has 0 spiro atoms. The van der Waals surface area contributed by atoms with E-state index in [2.05, 4.69) is 27.1 Å². The van der Waals surface area contributed by atoms with Gasteiger partial charge in [0, 0.05) is 30.9 Å². The third-order valence-electron chi connectivity index (χ3n) is 3.51. The number of nitrogens with zero attached hydrogens (tertiary/aromatic N) is 1. The molecule has 1 aromatic heterocycles. The van der Waals surface area contributed by atoms with E-state index in [0.29, 0.717) is 6.54 Å². The second kappa shape index (κ2) is 9.55. The van der Waals surface area contributed by atoms with Crippen molar-refractivity contribution in [3.8, 4) is 0 Å². The van der Waals surface area contributed by atoms with Crippen LogP contribution in [-0.4, -0.2) is 34.0 Å². The normalized spacial score (nSPS) is 12.2. The van der Waals surface area contributed by atoms with Crippen LogP contribution in [0.15, 0.2) is 51.7 Å². The molecular weight excluding hydrogens is 356 g/mol. The molecule has 0 fully saturated rings. The second-order valence-corrected chi connectivity index (χ2v) is 8.05. The van der Waals surface area contributed by atoms with Crippen LogP contribution in [0.5, 0.6) is 0 Å². The van der Waals surface area contributed by atoms with Gasteiger partial charge in [0.05, 0.1) is 4.90 Å². The number of hydrogen-bond acceptors (Lipinski definition) is 4. The predicted octanol–water partition coefficient (Wildman–Crippen LogP) is 1.74. The number of sulfonamides is 1. The number of benzene rings is 1. The molecule has 8 heteroatoms. The standard InChI is InChI=1S/C17H24N4O2S2/c1-2-19-17(21-12-10-15-4-3-13-24-15)20-11-9-14-5-7-16(8-6-14)25(18,22)23/h3-8,13H,2,9-12H2,1H3,(H2,18,22,23)(H2,19,20,21). The van der Waals surface area contributed by atoms with Crippen LogP contribution in [0.1, 0.15) is 17.4 Å². The lowest BCUT2D eigenvalue weighted by molar-refractivity contribution is 0.598. The molecule has 1 aromatic carbocycles. The van der Waals surface area contributed by atoms with E-state index in [1.165, 1.54) is 17.0 Å². The van der Waals surface area contributed by atoms with E-state index in [4.69, 9.17) is 5.14 Å². The summed E-state index contributed by atoms with van der Waals surface area (Å²) >= 11 is 1.74. The first-order valence-electron chi connectivity index (χ1n) is 8.15. The van der Waals surface area contributed by atoms with Crippen LogP contribution in [-0.2, 0) is 22.9 Å². The van der Waals surface area contributed by atoms with Gasteiger partial charge in [-0.1, -0.05) is 18.2 Å². The molecule has 0 radical (unpaired) electrons. The average molecular weight is 381 g/mol. The SMILES string of the molecule is CCNC(=NCCc1cccs1)NCCc1ccc(S(N)(=O)=O)cc1. The van der Waals surface area contributed by atoms with Crippen molar-refractivity contribution < 1.29 is 8.42 Å². The molecule has 2 rings (SSSR count). The highest BCUT2D eigenvalue weighted by Gasteiger charge is 2.06. The van der Waals surface area contributed by atoms with Gasteiger partial charge in [0.25, 0.3) is 0 Å². The first kappa shape index (κ1) is 19.4. The number of thiophene rings is 1. The fourth-order valence-electron chi connectivity index (χ4n) is 2.25. The van der Waals surface area contributed by atoms with Crippen LogP contribution in [0.25, 0.3) is 0 Å². The van der Waals surface area contributed by atoms with Gasteiger partial charge in [-0.15, -0.1) is 11.3 Å². The van der Waals surface area contributed by atoms with Crippen molar-refractivity contribution in [2.45, 2.75) is 24.7 Å². The summed E-state index contributed by atoms with van der Waals surface area (Å²) in [6.07, 6.45) is 1.70. The van der Waals surface area contributed by atoms with E-state index in [1.807, 2.05) is 13.0 Å². The molecule has 1 heterocycles. The molecule has 0 amide bonds. The lowest BCUT2D eigenvalue weighted by Crippen LogP contribution is -2.38. The topological polar surface area (TPSA) is 96.6 Å². The first-order chi connectivity index (χ1) is 12.0. The molecule has 0 saturated carbocycles. The Hall–Kier alpha value is -1.90. The van der Waals surface area contributed by atoms with Crippen LogP contribution in [0, 0.1) is 0 Å². The highest BCUT2D eigenvalue weighted by Crippen LogP contribution is 2.09. The minimum Gasteiger partial charge on any atom is -0.357 e. The number of guanidine groups is 1. The Morgan fingerprint density at radius 1 is 1.16 bits per heavy atom. The van der Waals surface area contributed by atoms with Crippen molar-refractivity contribution in [1.29, 1.82) is 0 Å². The largest absolute Gasteiger partial charge is 0.357 e. The Labute approximate surface area is 153 Å². The zero-order valence-electron chi connectivity index (χ0n) is 14.2. The maximum Gasteiger partial charge on any atom is 0.238 e. The molecule has 0 aliphatic carbocycles. The van der Waals surface area contributed by atoms with Gasteiger partial charge in [0.1, 0.15) is 0 Å². The van der Waals surface area contributed by atoms with Crippen molar-refractivity contribution in [2.24, 2.45) is 10.1 Å². The van der Waals surface area contributed by atoms with Gasteiger partial charge >= 0.3 is 0 Å². The van der Waals surface area contributed by atoms with Gasteiger partial charge in [0.15, 0.2) is 5.96 Å². The summed E-state index contributed by atoms with van der Waals surface area (Å²) in [5.41, 5.74) is 1.04. The molecule has 0 aliphatic rings. The van der Waals surface area contributed by atoms with Crippen LogP contribution in [0.4, 0.5) is 0 Å². The van der Waals surface area contributed by atoms with E-state index in [9.17, 15) is 8.42 Å². The third kappa shape index (κ3) is 6.85. The lowest BCUT2D eigenvalue weighted by Gasteiger charge is -2.11. The molecule has 25 heavy (non-hydrogen) atoms. The van der Waals surface area contributed by atoms with Gasteiger partial charge in [-0.05, 0) is 42.5 Å². The Kier molecular flexibility index (Phi) is 7.42. The predicted molar refractivity (Wildman–Crippen MR) is 104 cm³/mol. The maximum atomic E-state index is 11.2. The molecule has 4 N–H and O–H groups in total. The fraction of sp³-hybridized carbons (Fsp3) is 0.353. The van der Waals surface area contributed by atoms with E-state index in [1.54, 1.807) is 23.5 Å². The summed E-state index contributed by atoms with van der Waals surface area (Å²) in [4.78, 5) is 6.03. The summed E-state index contributed by atoms with van der Waals surface area (Å²) in [6, 6.07) is 10.8. The zero-order valence-corrected chi connectivity index (χ0v) is 15.9. The Morgan fingerprint density at radius 3 is 2.52 bits per heavy atom. The van der Waals surface area contributed by atoms with Crippen LogP contribution >= 0.6 is 11.3 Å². The van der Waals surface area contributed by atoms with E-state index in [0.717, 1.165) is 37.5 Å². The summed E-state index contributed by atoms with van der Waals surface area (Å²) in [5, 5.41) is 13.7. The highest BCUT2D eigenvalue weighted by molar-refractivity contribution is 7.89. The van der Waals surface area contributed by atoms with Crippen molar-refractivity contribution in [3.63, 3.8) is 0 Å². The van der Waals surface area contributed by atoms with Crippen LogP contribution in [0.3, 0.4) is 0 Å². The smallest absolute Gasteiger partial charge is 0.238 e. The van der Waals surface area contributed by atoms with Gasteiger partial charge < -0.3 is 10.6 Å². The minimum atomic E-state index is -3.63. The first-order valence-corrected chi connectivity index (χ1v) is 10.6. The number of rotatable bonds is 8. The van der Waals surface area contributed by atoms with E-state index >= 15 is 0 Å². The fourth-order valence-corrected chi connectivity index (χ4v) is 3.46. The summed E-state index contributed by atoms with van der Waals surface area (Å²) in [6.45, 7) is 4.27. The molecule has 6 nitrogen and oxygen atoms in total. The number of nitrogens with one attached hydrogen (secondary N) is 2. The van der Waals surface area contributed by atoms with Crippen molar-refractivity contribution >= 4 is 27.3 Å². The lowest BCUT2D eigenvalue weighted by atomic mass is 10.1. The van der Waals surface area contributed by atoms with Gasteiger partial charge in [0.2, 0.25) is 10.0 Å². The van der Waals surface area contributed by atoms with Crippen molar-refractivity contribution in [3.05, 3.63) is 52.2 Å². The molecule has 2 aromatic rings. The molecule has 0 atom stereocenters. The molecular formula is C17H24N4O2S2. The van der Waals surface area contributed by atoms with Crippen molar-refractivity contribution in [2.75, 3.05) is 19.6 Å². The maximum absolute atomic E-state index is 11.2. The molecule has 0 bridgehead atoms. The zero-order chi connectivity index (χ0) is 18.1. The van der Waals surface area contributed by atoms with E-state index < -0.39 is 10.0 Å². The average Bonchev–Trinajstić information content (AvgIpc) is 3.08. The third-order valence-corrected chi connectivity index (χ3v) is 5.38. The van der Waals surface area contributed by atoms with E-state index in [-0.39, 0.29) is 4.90 Å². The molecule has 136 valence electrons. The summed E-state index contributed by atoms with van der Waals surface area (Å²) < 4.78 is 22.5. The molecule has 0 saturated heterocycles. The Morgan fingerprint density at radius 2 is 1.92 bits per heavy atom. The number of hydrogen-bond donors (Lipinski definition) is 3. The number of nitrogens with two attached hydrogens (primary N) is 1. The number of primary sulfonamides is 1. The quantitative estimate of drug-likeness (QED) is 0.480. The van der Waals surface area contributed by atoms with Gasteiger partial charge in [-0.2, -0.15) is 0 Å². The molecule has 0 aliphatic heterocycles. The van der Waals surface area contributed by atoms with Crippen LogP contribution in [0.2, 0.25) is 0 Å². The number of aliphatic imine (C=N–C) groups is 1. The van der Waals surface area contributed by atoms with Gasteiger partial charge in [-0.3, -0.25) is 4.99 Å². The van der Waals surface area contributed by atoms with Crippen molar-refractivity contribution in [1.82, 2.24) is 10.6 Å². The second-order valence-electron chi connectivity index (χ2n) is 5.46. The highest BCUT2D eigenvalue weighted by atomic mass is 32.2. The van der Waals surface area contributed by atoms with Crippen LogP contribution < -0.4 is 15.8 Å². The Balaban J connectivity index is 1.82.